The third-order valence-electron chi connectivity index (χ3n) is 4.99. The summed E-state index contributed by atoms with van der Waals surface area (Å²) in [5.74, 6) is 0.0641. The van der Waals surface area contributed by atoms with Crippen LogP contribution < -0.4 is 5.32 Å². The third-order valence-corrected chi connectivity index (χ3v) is 5.99. The van der Waals surface area contributed by atoms with Crippen molar-refractivity contribution in [3.63, 3.8) is 0 Å². The molecule has 1 aliphatic heterocycles. The Morgan fingerprint density at radius 3 is 2.59 bits per heavy atom. The maximum Gasteiger partial charge on any atom is 0.261 e. The van der Waals surface area contributed by atoms with E-state index in [-0.39, 0.29) is 18.1 Å². The average molecular weight is 322 g/mol. The summed E-state index contributed by atoms with van der Waals surface area (Å²) in [4.78, 5) is 16.6. The first-order valence-corrected chi connectivity index (χ1v) is 9.24. The Balaban J connectivity index is 1.48. The first-order valence-electron chi connectivity index (χ1n) is 8.43. The molecule has 0 aromatic carbocycles. The zero-order chi connectivity index (χ0) is 15.5. The van der Waals surface area contributed by atoms with Crippen molar-refractivity contribution in [1.82, 2.24) is 10.2 Å². The summed E-state index contributed by atoms with van der Waals surface area (Å²) in [6.45, 7) is 3.99. The number of thiophene rings is 1. The van der Waals surface area contributed by atoms with E-state index in [9.17, 15) is 9.90 Å². The van der Waals surface area contributed by atoms with Gasteiger partial charge in [-0.3, -0.25) is 9.69 Å². The molecule has 22 heavy (non-hydrogen) atoms. The summed E-state index contributed by atoms with van der Waals surface area (Å²) in [6, 6.07) is 4.51. The molecule has 2 atom stereocenters. The number of piperidine rings is 1. The van der Waals surface area contributed by atoms with Gasteiger partial charge in [-0.2, -0.15) is 0 Å². The Morgan fingerprint density at radius 2 is 1.95 bits per heavy atom. The van der Waals surface area contributed by atoms with Crippen LogP contribution in [0.5, 0.6) is 0 Å². The quantitative estimate of drug-likeness (QED) is 0.899. The number of amides is 1. The molecule has 1 amide bonds. The van der Waals surface area contributed by atoms with Crippen LogP contribution in [0.1, 0.15) is 53.1 Å². The van der Waals surface area contributed by atoms with Crippen molar-refractivity contribution in [1.29, 1.82) is 0 Å². The molecule has 0 bridgehead atoms. The molecule has 2 aliphatic rings. The molecular formula is C17H26N2O2S. The zero-order valence-electron chi connectivity index (χ0n) is 13.3. The van der Waals surface area contributed by atoms with Crippen LogP contribution in [0.25, 0.3) is 0 Å². The largest absolute Gasteiger partial charge is 0.391 e. The van der Waals surface area contributed by atoms with Crippen LogP contribution in [-0.2, 0) is 0 Å². The Kier molecular flexibility index (Phi) is 5.16. The van der Waals surface area contributed by atoms with E-state index in [4.69, 9.17) is 0 Å². The number of aliphatic hydroxyl groups excluding tert-OH is 1. The van der Waals surface area contributed by atoms with Crippen LogP contribution in [0, 0.1) is 6.92 Å². The molecule has 2 heterocycles. The molecule has 1 saturated carbocycles. The van der Waals surface area contributed by atoms with Crippen molar-refractivity contribution in [2.24, 2.45) is 0 Å². The zero-order valence-corrected chi connectivity index (χ0v) is 14.1. The van der Waals surface area contributed by atoms with Gasteiger partial charge < -0.3 is 10.4 Å². The monoisotopic (exact) mass is 322 g/mol. The van der Waals surface area contributed by atoms with Crippen LogP contribution >= 0.6 is 11.3 Å². The highest BCUT2D eigenvalue weighted by Crippen LogP contribution is 2.26. The molecule has 4 nitrogen and oxygen atoms in total. The standard InChI is InChI=1S/C17H26N2O2S/c1-12-6-7-16(22-12)17(21)18-13-8-10-19(11-9-13)14-4-2-3-5-15(14)20/h6-7,13-15,20H,2-5,8-11H2,1H3,(H,18,21). The minimum absolute atomic E-state index is 0.0641. The number of nitrogens with zero attached hydrogens (tertiary/aromatic N) is 1. The fraction of sp³-hybridized carbons (Fsp3) is 0.706. The number of likely N-dealkylation sites (tertiary alicyclic amines) is 1. The fourth-order valence-electron chi connectivity index (χ4n) is 3.71. The van der Waals surface area contributed by atoms with E-state index in [1.807, 2.05) is 19.1 Å². The summed E-state index contributed by atoms with van der Waals surface area (Å²) < 4.78 is 0. The van der Waals surface area contributed by atoms with Gasteiger partial charge in [0, 0.05) is 30.1 Å². The van der Waals surface area contributed by atoms with Crippen molar-refractivity contribution < 1.29 is 9.90 Å². The number of rotatable bonds is 3. The van der Waals surface area contributed by atoms with Gasteiger partial charge in [0.25, 0.3) is 5.91 Å². The molecule has 122 valence electrons. The second-order valence-electron chi connectivity index (χ2n) is 6.61. The molecule has 1 aromatic heterocycles. The minimum Gasteiger partial charge on any atom is -0.391 e. The number of aliphatic hydroxyl groups is 1. The van der Waals surface area contributed by atoms with Gasteiger partial charge in [0.2, 0.25) is 0 Å². The topological polar surface area (TPSA) is 52.6 Å². The highest BCUT2D eigenvalue weighted by atomic mass is 32.1. The predicted molar refractivity (Wildman–Crippen MR) is 89.4 cm³/mol. The van der Waals surface area contributed by atoms with Gasteiger partial charge in [-0.1, -0.05) is 12.8 Å². The lowest BCUT2D eigenvalue weighted by Gasteiger charge is -2.41. The maximum absolute atomic E-state index is 12.2. The summed E-state index contributed by atoms with van der Waals surface area (Å²) in [5, 5.41) is 13.3. The molecule has 0 radical (unpaired) electrons. The Bertz CT molecular complexity index is 509. The molecule has 2 unspecified atom stereocenters. The van der Waals surface area contributed by atoms with Gasteiger partial charge in [-0.25, -0.2) is 0 Å². The van der Waals surface area contributed by atoms with Crippen molar-refractivity contribution in [3.8, 4) is 0 Å². The smallest absolute Gasteiger partial charge is 0.261 e. The van der Waals surface area contributed by atoms with Gasteiger partial charge in [0.05, 0.1) is 11.0 Å². The van der Waals surface area contributed by atoms with Crippen molar-refractivity contribution in [2.75, 3.05) is 13.1 Å². The van der Waals surface area contributed by atoms with Crippen LogP contribution in [0.2, 0.25) is 0 Å². The van der Waals surface area contributed by atoms with Crippen molar-refractivity contribution in [2.45, 2.75) is 63.6 Å². The molecule has 2 N–H and O–H groups in total. The molecule has 0 spiro atoms. The summed E-state index contributed by atoms with van der Waals surface area (Å²) in [5.41, 5.74) is 0. The SMILES string of the molecule is Cc1ccc(C(=O)NC2CCN(C3CCCCC3O)CC2)s1. The van der Waals surface area contributed by atoms with Gasteiger partial charge in [0.1, 0.15) is 0 Å². The number of hydrogen-bond donors (Lipinski definition) is 2. The van der Waals surface area contributed by atoms with E-state index in [0.717, 1.165) is 50.1 Å². The van der Waals surface area contributed by atoms with Crippen LogP contribution in [-0.4, -0.2) is 47.2 Å². The van der Waals surface area contributed by atoms with E-state index in [1.54, 1.807) is 11.3 Å². The lowest BCUT2D eigenvalue weighted by atomic mass is 9.89. The van der Waals surface area contributed by atoms with Crippen LogP contribution in [0.3, 0.4) is 0 Å². The number of aryl methyl sites for hydroxylation is 1. The number of carbonyl (C=O) groups excluding carboxylic acids is 1. The Labute approximate surface area is 136 Å². The summed E-state index contributed by atoms with van der Waals surface area (Å²) in [6.07, 6.45) is 6.26. The Hall–Kier alpha value is -0.910. The van der Waals surface area contributed by atoms with E-state index >= 15 is 0 Å². The van der Waals surface area contributed by atoms with Crippen LogP contribution in [0.15, 0.2) is 12.1 Å². The summed E-state index contributed by atoms with van der Waals surface area (Å²) >= 11 is 1.55. The second-order valence-corrected chi connectivity index (χ2v) is 7.90. The van der Waals surface area contributed by atoms with Gasteiger partial charge in [0.15, 0.2) is 0 Å². The molecule has 5 heteroatoms. The molecular weight excluding hydrogens is 296 g/mol. The lowest BCUT2D eigenvalue weighted by Crippen LogP contribution is -2.52. The number of nitrogens with one attached hydrogen (secondary N) is 1. The molecule has 3 rings (SSSR count). The van der Waals surface area contributed by atoms with Gasteiger partial charge >= 0.3 is 0 Å². The highest BCUT2D eigenvalue weighted by molar-refractivity contribution is 7.13. The minimum atomic E-state index is -0.158. The number of carbonyl (C=O) groups is 1. The van der Waals surface area contributed by atoms with Crippen molar-refractivity contribution in [3.05, 3.63) is 21.9 Å². The van der Waals surface area contributed by atoms with E-state index in [0.29, 0.717) is 6.04 Å². The molecule has 1 saturated heterocycles. The Morgan fingerprint density at radius 1 is 1.23 bits per heavy atom. The van der Waals surface area contributed by atoms with E-state index in [1.165, 1.54) is 11.3 Å². The van der Waals surface area contributed by atoms with Crippen LogP contribution in [0.4, 0.5) is 0 Å². The first kappa shape index (κ1) is 16.0. The lowest BCUT2D eigenvalue weighted by molar-refractivity contribution is 0.00728. The van der Waals surface area contributed by atoms with Gasteiger partial charge in [-0.05, 0) is 44.7 Å². The maximum atomic E-state index is 12.2. The van der Waals surface area contributed by atoms with Gasteiger partial charge in [-0.15, -0.1) is 11.3 Å². The molecule has 2 fully saturated rings. The normalized spacial score (nSPS) is 27.7. The fourth-order valence-corrected chi connectivity index (χ4v) is 4.48. The predicted octanol–water partition coefficient (Wildman–Crippen LogP) is 2.55. The number of hydrogen-bond acceptors (Lipinski definition) is 4. The molecule has 1 aromatic rings. The average Bonchev–Trinajstić information content (AvgIpc) is 2.95. The molecule has 1 aliphatic carbocycles. The summed E-state index contributed by atoms with van der Waals surface area (Å²) in [7, 11) is 0. The third kappa shape index (κ3) is 3.70. The van der Waals surface area contributed by atoms with E-state index < -0.39 is 0 Å². The first-order chi connectivity index (χ1) is 10.6. The van der Waals surface area contributed by atoms with Crippen molar-refractivity contribution >= 4 is 17.2 Å². The highest BCUT2D eigenvalue weighted by Gasteiger charge is 2.31. The van der Waals surface area contributed by atoms with E-state index in [2.05, 4.69) is 10.2 Å². The second kappa shape index (κ2) is 7.11.